The number of carbonyl (C=O) groups excluding carboxylic acids is 3. The number of hydrogen-bond acceptors (Lipinski definition) is 6. The second-order valence-corrected chi connectivity index (χ2v) is 9.18. The number of ether oxygens (including phenoxy) is 1. The van der Waals surface area contributed by atoms with E-state index in [2.05, 4.69) is 20.5 Å². The molecular weight excluding hydrogens is 456 g/mol. The SMILES string of the molecule is CCOC(=O)CC1CCN(c2ncc(C(=O)NC3CC3)cc2NC(=O)c2cccc(Cl)c2)CC1. The Morgan fingerprint density at radius 2 is 1.85 bits per heavy atom. The zero-order valence-electron chi connectivity index (χ0n) is 19.2. The molecule has 0 spiro atoms. The fraction of sp³-hybridized carbons (Fsp3) is 0.440. The van der Waals surface area contributed by atoms with Gasteiger partial charge in [0.25, 0.3) is 11.8 Å². The molecule has 1 saturated heterocycles. The number of amides is 2. The number of pyridine rings is 1. The summed E-state index contributed by atoms with van der Waals surface area (Å²) in [5.74, 6) is 0.159. The van der Waals surface area contributed by atoms with Crippen molar-refractivity contribution in [1.29, 1.82) is 0 Å². The maximum atomic E-state index is 12.9. The van der Waals surface area contributed by atoms with Gasteiger partial charge in [-0.05, 0) is 62.8 Å². The number of hydrogen-bond donors (Lipinski definition) is 2. The van der Waals surface area contributed by atoms with E-state index in [9.17, 15) is 14.4 Å². The minimum atomic E-state index is -0.331. The predicted molar refractivity (Wildman–Crippen MR) is 130 cm³/mol. The van der Waals surface area contributed by atoms with Crippen LogP contribution in [0, 0.1) is 5.92 Å². The van der Waals surface area contributed by atoms with E-state index in [-0.39, 0.29) is 29.7 Å². The molecule has 34 heavy (non-hydrogen) atoms. The first-order valence-electron chi connectivity index (χ1n) is 11.7. The van der Waals surface area contributed by atoms with Crippen molar-refractivity contribution in [2.75, 3.05) is 29.9 Å². The lowest BCUT2D eigenvalue weighted by molar-refractivity contribution is -0.144. The van der Waals surface area contributed by atoms with E-state index in [1.54, 1.807) is 43.5 Å². The number of halogens is 1. The largest absolute Gasteiger partial charge is 0.466 e. The molecule has 9 heteroatoms. The van der Waals surface area contributed by atoms with Crippen LogP contribution in [0.5, 0.6) is 0 Å². The summed E-state index contributed by atoms with van der Waals surface area (Å²) in [6.45, 7) is 3.56. The van der Waals surface area contributed by atoms with Gasteiger partial charge in [-0.1, -0.05) is 17.7 Å². The standard InChI is InChI=1S/C25H29ClN4O4/c1-2-34-22(31)12-16-8-10-30(11-9-16)23-21(29-24(32)17-4-3-5-19(26)13-17)14-18(15-27-23)25(33)28-20-6-7-20/h3-5,13-16,20H,2,6-12H2,1H3,(H,28,33)(H,29,32). The molecule has 2 N–H and O–H groups in total. The topological polar surface area (TPSA) is 101 Å². The molecule has 1 aliphatic carbocycles. The maximum absolute atomic E-state index is 12.9. The quantitative estimate of drug-likeness (QED) is 0.548. The Hall–Kier alpha value is -3.13. The number of nitrogens with one attached hydrogen (secondary N) is 2. The molecule has 0 radical (unpaired) electrons. The van der Waals surface area contributed by atoms with Crippen molar-refractivity contribution >= 4 is 40.9 Å². The number of piperidine rings is 1. The van der Waals surface area contributed by atoms with Crippen LogP contribution in [0.3, 0.4) is 0 Å². The van der Waals surface area contributed by atoms with E-state index in [4.69, 9.17) is 16.3 Å². The molecule has 8 nitrogen and oxygen atoms in total. The van der Waals surface area contributed by atoms with Crippen LogP contribution in [0.2, 0.25) is 5.02 Å². The molecule has 1 aromatic heterocycles. The van der Waals surface area contributed by atoms with Gasteiger partial charge in [0, 0.05) is 42.3 Å². The molecule has 2 heterocycles. The van der Waals surface area contributed by atoms with Crippen LogP contribution in [0.1, 0.15) is 59.7 Å². The van der Waals surface area contributed by atoms with Crippen molar-refractivity contribution in [1.82, 2.24) is 10.3 Å². The molecule has 2 fully saturated rings. The van der Waals surface area contributed by atoms with E-state index in [1.807, 2.05) is 0 Å². The Morgan fingerprint density at radius 1 is 1.09 bits per heavy atom. The molecule has 1 aliphatic heterocycles. The zero-order valence-corrected chi connectivity index (χ0v) is 19.9. The number of benzene rings is 1. The summed E-state index contributed by atoms with van der Waals surface area (Å²) in [6, 6.07) is 8.58. The van der Waals surface area contributed by atoms with Gasteiger partial charge in [-0.25, -0.2) is 4.98 Å². The Morgan fingerprint density at radius 3 is 2.53 bits per heavy atom. The summed E-state index contributed by atoms with van der Waals surface area (Å²) in [4.78, 5) is 44.0. The number of carbonyl (C=O) groups is 3. The van der Waals surface area contributed by atoms with Gasteiger partial charge < -0.3 is 20.3 Å². The summed E-state index contributed by atoms with van der Waals surface area (Å²) in [5, 5.41) is 6.34. The van der Waals surface area contributed by atoms with E-state index in [0.29, 0.717) is 53.8 Å². The van der Waals surface area contributed by atoms with Crippen molar-refractivity contribution in [3.05, 3.63) is 52.7 Å². The lowest BCUT2D eigenvalue weighted by Crippen LogP contribution is -2.36. The first-order chi connectivity index (χ1) is 16.4. The number of nitrogens with zero attached hydrogens (tertiary/aromatic N) is 2. The Labute approximate surface area is 204 Å². The van der Waals surface area contributed by atoms with Crippen LogP contribution in [0.25, 0.3) is 0 Å². The molecule has 0 unspecified atom stereocenters. The van der Waals surface area contributed by atoms with E-state index >= 15 is 0 Å². The van der Waals surface area contributed by atoms with Gasteiger partial charge in [0.1, 0.15) is 0 Å². The van der Waals surface area contributed by atoms with Crippen molar-refractivity contribution in [2.45, 2.75) is 45.1 Å². The van der Waals surface area contributed by atoms with Crippen molar-refractivity contribution in [3.63, 3.8) is 0 Å². The van der Waals surface area contributed by atoms with Crippen LogP contribution in [-0.2, 0) is 9.53 Å². The van der Waals surface area contributed by atoms with Gasteiger partial charge in [0.15, 0.2) is 5.82 Å². The zero-order chi connectivity index (χ0) is 24.1. The first-order valence-corrected chi connectivity index (χ1v) is 12.1. The van der Waals surface area contributed by atoms with Gasteiger partial charge in [-0.15, -0.1) is 0 Å². The molecular formula is C25H29ClN4O4. The monoisotopic (exact) mass is 484 g/mol. The summed E-state index contributed by atoms with van der Waals surface area (Å²) in [5.41, 5.74) is 1.28. The minimum absolute atomic E-state index is 0.167. The Kier molecular flexibility index (Phi) is 7.67. The van der Waals surface area contributed by atoms with Crippen molar-refractivity contribution in [2.24, 2.45) is 5.92 Å². The highest BCUT2D eigenvalue weighted by Crippen LogP contribution is 2.31. The number of anilines is 2. The fourth-order valence-corrected chi connectivity index (χ4v) is 4.24. The second-order valence-electron chi connectivity index (χ2n) is 8.75. The fourth-order valence-electron chi connectivity index (χ4n) is 4.05. The Bertz CT molecular complexity index is 1060. The average molecular weight is 485 g/mol. The van der Waals surface area contributed by atoms with Gasteiger partial charge in [-0.3, -0.25) is 14.4 Å². The highest BCUT2D eigenvalue weighted by Gasteiger charge is 2.27. The normalized spacial score (nSPS) is 16.1. The van der Waals surface area contributed by atoms with Crippen LogP contribution < -0.4 is 15.5 Å². The van der Waals surface area contributed by atoms with E-state index in [0.717, 1.165) is 25.7 Å². The molecule has 180 valence electrons. The summed E-state index contributed by atoms with van der Waals surface area (Å²) in [6.07, 6.45) is 5.55. The first kappa shape index (κ1) is 24.0. The maximum Gasteiger partial charge on any atom is 0.306 e. The van der Waals surface area contributed by atoms with E-state index in [1.165, 1.54) is 0 Å². The average Bonchev–Trinajstić information content (AvgIpc) is 3.64. The van der Waals surface area contributed by atoms with Crippen LogP contribution in [0.4, 0.5) is 11.5 Å². The molecule has 0 bridgehead atoms. The van der Waals surface area contributed by atoms with Gasteiger partial charge in [0.2, 0.25) is 0 Å². The van der Waals surface area contributed by atoms with Gasteiger partial charge in [-0.2, -0.15) is 0 Å². The number of aromatic nitrogens is 1. The van der Waals surface area contributed by atoms with Crippen molar-refractivity contribution < 1.29 is 19.1 Å². The molecule has 2 aliphatic rings. The number of rotatable bonds is 8. The van der Waals surface area contributed by atoms with Gasteiger partial charge >= 0.3 is 5.97 Å². The minimum Gasteiger partial charge on any atom is -0.466 e. The Balaban J connectivity index is 1.52. The number of esters is 1. The summed E-state index contributed by atoms with van der Waals surface area (Å²) < 4.78 is 5.08. The summed E-state index contributed by atoms with van der Waals surface area (Å²) in [7, 11) is 0. The highest BCUT2D eigenvalue weighted by atomic mass is 35.5. The molecule has 4 rings (SSSR count). The lowest BCUT2D eigenvalue weighted by Gasteiger charge is -2.33. The molecule has 2 aromatic rings. The van der Waals surface area contributed by atoms with Crippen LogP contribution >= 0.6 is 11.6 Å². The van der Waals surface area contributed by atoms with Crippen LogP contribution in [-0.4, -0.2) is 48.5 Å². The third-order valence-corrected chi connectivity index (χ3v) is 6.29. The van der Waals surface area contributed by atoms with Gasteiger partial charge in [0.05, 0.1) is 17.9 Å². The third-order valence-electron chi connectivity index (χ3n) is 6.05. The predicted octanol–water partition coefficient (Wildman–Crippen LogP) is 4.05. The molecule has 2 amide bonds. The molecule has 1 saturated carbocycles. The molecule has 1 aromatic carbocycles. The van der Waals surface area contributed by atoms with Crippen molar-refractivity contribution in [3.8, 4) is 0 Å². The molecule has 0 atom stereocenters. The second kappa shape index (κ2) is 10.9. The third kappa shape index (κ3) is 6.26. The van der Waals surface area contributed by atoms with E-state index < -0.39 is 0 Å². The lowest BCUT2D eigenvalue weighted by atomic mass is 9.93. The van der Waals surface area contributed by atoms with Crippen LogP contribution in [0.15, 0.2) is 36.5 Å². The smallest absolute Gasteiger partial charge is 0.306 e. The summed E-state index contributed by atoms with van der Waals surface area (Å²) >= 11 is 6.05. The highest BCUT2D eigenvalue weighted by molar-refractivity contribution is 6.31.